The van der Waals surface area contributed by atoms with Crippen molar-refractivity contribution < 1.29 is 29.7 Å². The molecule has 1 heterocycles. The van der Waals surface area contributed by atoms with Crippen molar-refractivity contribution in [1.82, 2.24) is 4.90 Å². The molecule has 0 spiro atoms. The molecule has 1 saturated heterocycles. The smallest absolute Gasteiger partial charge is 0.407 e. The summed E-state index contributed by atoms with van der Waals surface area (Å²) < 4.78 is 0. The SMILES string of the molecule is O=C(O)CC1CN(C(=O)O)CC1CC(=O)O. The Morgan fingerprint density at radius 3 is 1.56 bits per heavy atom. The van der Waals surface area contributed by atoms with Gasteiger partial charge in [-0.2, -0.15) is 0 Å². The van der Waals surface area contributed by atoms with Crippen LogP contribution in [0.15, 0.2) is 0 Å². The molecule has 1 aliphatic heterocycles. The first-order valence-corrected chi connectivity index (χ1v) is 4.81. The fourth-order valence-corrected chi connectivity index (χ4v) is 2.01. The highest BCUT2D eigenvalue weighted by molar-refractivity contribution is 5.70. The standard InChI is InChI=1S/C9H13NO6/c11-7(12)1-5-3-10(9(15)16)4-6(5)2-8(13)14/h5-6H,1-4H2,(H,11,12)(H,13,14)(H,15,16). The molecule has 1 rings (SSSR count). The van der Waals surface area contributed by atoms with Crippen molar-refractivity contribution in [3.05, 3.63) is 0 Å². The fourth-order valence-electron chi connectivity index (χ4n) is 2.01. The summed E-state index contributed by atoms with van der Waals surface area (Å²) in [5.74, 6) is -2.89. The molecule has 1 fully saturated rings. The Balaban J connectivity index is 2.66. The van der Waals surface area contributed by atoms with Crippen LogP contribution < -0.4 is 0 Å². The number of carboxylic acid groups (broad SMARTS) is 3. The van der Waals surface area contributed by atoms with E-state index in [9.17, 15) is 14.4 Å². The van der Waals surface area contributed by atoms with Gasteiger partial charge in [0.25, 0.3) is 0 Å². The molecule has 0 aromatic carbocycles. The van der Waals surface area contributed by atoms with Gasteiger partial charge in [0.2, 0.25) is 0 Å². The van der Waals surface area contributed by atoms with Gasteiger partial charge in [-0.25, -0.2) is 4.79 Å². The van der Waals surface area contributed by atoms with E-state index in [2.05, 4.69) is 0 Å². The normalized spacial score (nSPS) is 24.4. The van der Waals surface area contributed by atoms with Gasteiger partial charge in [0, 0.05) is 13.1 Å². The summed E-state index contributed by atoms with van der Waals surface area (Å²) in [4.78, 5) is 32.9. The first kappa shape index (κ1) is 12.3. The maximum absolute atomic E-state index is 10.7. The van der Waals surface area contributed by atoms with Crippen molar-refractivity contribution in [2.45, 2.75) is 12.8 Å². The number of carbonyl (C=O) groups is 3. The molecule has 2 atom stereocenters. The molecule has 0 aliphatic carbocycles. The number of rotatable bonds is 4. The third kappa shape index (κ3) is 3.11. The fraction of sp³-hybridized carbons (Fsp3) is 0.667. The molecule has 0 aromatic rings. The Labute approximate surface area is 91.3 Å². The topological polar surface area (TPSA) is 115 Å². The Morgan fingerprint density at radius 2 is 1.31 bits per heavy atom. The lowest BCUT2D eigenvalue weighted by Gasteiger charge is -2.12. The van der Waals surface area contributed by atoms with E-state index in [0.29, 0.717) is 0 Å². The minimum atomic E-state index is -1.14. The van der Waals surface area contributed by atoms with E-state index in [4.69, 9.17) is 15.3 Å². The summed E-state index contributed by atoms with van der Waals surface area (Å²) in [5.41, 5.74) is 0. The molecule has 2 unspecified atom stereocenters. The van der Waals surface area contributed by atoms with Gasteiger partial charge in [-0.15, -0.1) is 0 Å². The Kier molecular flexibility index (Phi) is 3.70. The number of nitrogens with zero attached hydrogens (tertiary/aromatic N) is 1. The van der Waals surface area contributed by atoms with Crippen LogP contribution in [0, 0.1) is 11.8 Å². The molecule has 0 saturated carbocycles. The van der Waals surface area contributed by atoms with Crippen LogP contribution >= 0.6 is 0 Å². The summed E-state index contributed by atoms with van der Waals surface area (Å²) in [5, 5.41) is 26.0. The summed E-state index contributed by atoms with van der Waals surface area (Å²) in [7, 11) is 0. The molecule has 7 heteroatoms. The molecule has 1 aliphatic rings. The minimum absolute atomic E-state index is 0.0968. The quantitative estimate of drug-likeness (QED) is 0.634. The molecule has 16 heavy (non-hydrogen) atoms. The van der Waals surface area contributed by atoms with Crippen LogP contribution in [0.1, 0.15) is 12.8 Å². The van der Waals surface area contributed by atoms with E-state index in [0.717, 1.165) is 4.90 Å². The van der Waals surface area contributed by atoms with Gasteiger partial charge in [-0.3, -0.25) is 9.59 Å². The average molecular weight is 231 g/mol. The van der Waals surface area contributed by atoms with Crippen LogP contribution in [0.5, 0.6) is 0 Å². The molecule has 0 radical (unpaired) electrons. The Bertz CT molecular complexity index is 291. The summed E-state index contributed by atoms with van der Waals surface area (Å²) >= 11 is 0. The zero-order valence-electron chi connectivity index (χ0n) is 8.50. The Hall–Kier alpha value is -1.79. The number of hydrogen-bond donors (Lipinski definition) is 3. The highest BCUT2D eigenvalue weighted by Gasteiger charge is 2.37. The van der Waals surface area contributed by atoms with E-state index in [1.54, 1.807) is 0 Å². The average Bonchev–Trinajstić information content (AvgIpc) is 2.46. The van der Waals surface area contributed by atoms with Gasteiger partial charge < -0.3 is 20.2 Å². The van der Waals surface area contributed by atoms with Crippen LogP contribution in [0.3, 0.4) is 0 Å². The molecule has 1 amide bonds. The second kappa shape index (κ2) is 4.82. The van der Waals surface area contributed by atoms with Crippen molar-refractivity contribution >= 4 is 18.0 Å². The minimum Gasteiger partial charge on any atom is -0.481 e. The molecule has 0 bridgehead atoms. The molecular weight excluding hydrogens is 218 g/mol. The van der Waals surface area contributed by atoms with E-state index < -0.39 is 29.9 Å². The molecule has 90 valence electrons. The third-order valence-corrected chi connectivity index (χ3v) is 2.72. The third-order valence-electron chi connectivity index (χ3n) is 2.72. The lowest BCUT2D eigenvalue weighted by molar-refractivity contribution is -0.141. The summed E-state index contributed by atoms with van der Waals surface area (Å²) in [6, 6.07) is 0. The molecule has 3 N–H and O–H groups in total. The van der Waals surface area contributed by atoms with Crippen molar-refractivity contribution in [1.29, 1.82) is 0 Å². The highest BCUT2D eigenvalue weighted by Crippen LogP contribution is 2.28. The lowest BCUT2D eigenvalue weighted by Crippen LogP contribution is -2.27. The number of hydrogen-bond acceptors (Lipinski definition) is 3. The maximum atomic E-state index is 10.7. The number of likely N-dealkylation sites (tertiary alicyclic amines) is 1. The van der Waals surface area contributed by atoms with Crippen molar-refractivity contribution in [2.24, 2.45) is 11.8 Å². The number of aliphatic carboxylic acids is 2. The summed E-state index contributed by atoms with van der Waals surface area (Å²) in [6.45, 7) is 0.194. The van der Waals surface area contributed by atoms with Gasteiger partial charge in [-0.05, 0) is 11.8 Å². The lowest BCUT2D eigenvalue weighted by atomic mass is 9.90. The van der Waals surface area contributed by atoms with E-state index in [1.807, 2.05) is 0 Å². The van der Waals surface area contributed by atoms with Gasteiger partial charge in [0.15, 0.2) is 0 Å². The zero-order valence-corrected chi connectivity index (χ0v) is 8.50. The largest absolute Gasteiger partial charge is 0.481 e. The second-order valence-electron chi connectivity index (χ2n) is 3.90. The predicted octanol–water partition coefficient (Wildman–Crippen LogP) is 0.162. The van der Waals surface area contributed by atoms with E-state index >= 15 is 0 Å². The number of amides is 1. The monoisotopic (exact) mass is 231 g/mol. The molecular formula is C9H13NO6. The first-order chi connectivity index (χ1) is 7.40. The summed E-state index contributed by atoms with van der Waals surface area (Å²) in [6.07, 6.45) is -1.52. The van der Waals surface area contributed by atoms with Crippen LogP contribution in [-0.2, 0) is 9.59 Å². The van der Waals surface area contributed by atoms with Crippen molar-refractivity contribution in [3.63, 3.8) is 0 Å². The van der Waals surface area contributed by atoms with Gasteiger partial charge >= 0.3 is 18.0 Å². The van der Waals surface area contributed by atoms with E-state index in [1.165, 1.54) is 0 Å². The van der Waals surface area contributed by atoms with Crippen molar-refractivity contribution in [2.75, 3.05) is 13.1 Å². The highest BCUT2D eigenvalue weighted by atomic mass is 16.4. The van der Waals surface area contributed by atoms with Crippen LogP contribution in [0.4, 0.5) is 4.79 Å². The van der Waals surface area contributed by atoms with Gasteiger partial charge in [0.05, 0.1) is 12.8 Å². The maximum Gasteiger partial charge on any atom is 0.407 e. The van der Waals surface area contributed by atoms with Crippen LogP contribution in [0.25, 0.3) is 0 Å². The van der Waals surface area contributed by atoms with Gasteiger partial charge in [-0.1, -0.05) is 0 Å². The Morgan fingerprint density at radius 1 is 0.938 bits per heavy atom. The van der Waals surface area contributed by atoms with Crippen LogP contribution in [-0.4, -0.2) is 51.3 Å². The van der Waals surface area contributed by atoms with Gasteiger partial charge in [0.1, 0.15) is 0 Å². The van der Waals surface area contributed by atoms with E-state index in [-0.39, 0.29) is 25.9 Å². The zero-order chi connectivity index (χ0) is 12.3. The van der Waals surface area contributed by atoms with Crippen molar-refractivity contribution in [3.8, 4) is 0 Å². The van der Waals surface area contributed by atoms with Crippen LogP contribution in [0.2, 0.25) is 0 Å². The predicted molar refractivity (Wildman–Crippen MR) is 51.1 cm³/mol. The molecule has 7 nitrogen and oxygen atoms in total. The second-order valence-corrected chi connectivity index (χ2v) is 3.90. The molecule has 0 aromatic heterocycles. The number of carboxylic acids is 2. The first-order valence-electron chi connectivity index (χ1n) is 4.81.